The van der Waals surface area contributed by atoms with Crippen LogP contribution in [0.4, 0.5) is 0 Å². The zero-order chi connectivity index (χ0) is 25.1. The predicted molar refractivity (Wildman–Crippen MR) is 157 cm³/mol. The van der Waals surface area contributed by atoms with Crippen LogP contribution < -0.4 is 0 Å². The number of hydrogen-bond donors (Lipinski definition) is 0. The second-order valence-corrected chi connectivity index (χ2v) is 9.78. The first kappa shape index (κ1) is 21.0. The Morgan fingerprint density at radius 3 is 1.08 bits per heavy atom. The summed E-state index contributed by atoms with van der Waals surface area (Å²) in [6.07, 6.45) is 0. The first-order valence-corrected chi connectivity index (χ1v) is 12.8. The minimum Gasteiger partial charge on any atom is -0.456 e. The third-order valence-electron chi connectivity index (χ3n) is 7.48. The molecule has 0 aliphatic rings. The topological polar surface area (TPSA) is 26.3 Å². The van der Waals surface area contributed by atoms with E-state index in [2.05, 4.69) is 109 Å². The van der Waals surface area contributed by atoms with Crippen LogP contribution in [-0.4, -0.2) is 0 Å². The molecule has 0 radical (unpaired) electrons. The zero-order valence-corrected chi connectivity index (χ0v) is 20.5. The van der Waals surface area contributed by atoms with Crippen LogP contribution in [0, 0.1) is 0 Å². The van der Waals surface area contributed by atoms with Gasteiger partial charge in [-0.2, -0.15) is 0 Å². The number of para-hydroxylation sites is 2. The molecule has 0 amide bonds. The lowest BCUT2D eigenvalue weighted by atomic mass is 9.95. The summed E-state index contributed by atoms with van der Waals surface area (Å²) in [6, 6.07) is 46.8. The first-order valence-electron chi connectivity index (χ1n) is 12.8. The van der Waals surface area contributed by atoms with Crippen molar-refractivity contribution in [3.05, 3.63) is 133 Å². The zero-order valence-electron chi connectivity index (χ0n) is 20.5. The number of benzene rings is 6. The second kappa shape index (κ2) is 8.22. The second-order valence-electron chi connectivity index (χ2n) is 9.78. The van der Waals surface area contributed by atoms with Crippen molar-refractivity contribution < 1.29 is 8.83 Å². The maximum absolute atomic E-state index is 6.14. The maximum atomic E-state index is 6.14. The Balaban J connectivity index is 1.18. The summed E-state index contributed by atoms with van der Waals surface area (Å²) in [5.74, 6) is 0. The quantitative estimate of drug-likeness (QED) is 0.248. The molecule has 2 aromatic heterocycles. The third-order valence-corrected chi connectivity index (χ3v) is 7.48. The Morgan fingerprint density at radius 2 is 0.632 bits per heavy atom. The smallest absolute Gasteiger partial charge is 0.136 e. The van der Waals surface area contributed by atoms with E-state index >= 15 is 0 Å². The minimum absolute atomic E-state index is 0.914. The fourth-order valence-electron chi connectivity index (χ4n) is 5.57. The summed E-state index contributed by atoms with van der Waals surface area (Å²) >= 11 is 0. The Morgan fingerprint density at radius 1 is 0.263 bits per heavy atom. The van der Waals surface area contributed by atoms with Gasteiger partial charge in [0, 0.05) is 21.5 Å². The van der Waals surface area contributed by atoms with Crippen LogP contribution in [-0.2, 0) is 0 Å². The van der Waals surface area contributed by atoms with E-state index in [1.807, 2.05) is 24.3 Å². The van der Waals surface area contributed by atoms with E-state index in [1.165, 1.54) is 22.3 Å². The molecule has 178 valence electrons. The molecule has 0 aliphatic carbocycles. The van der Waals surface area contributed by atoms with Crippen LogP contribution in [0.15, 0.2) is 142 Å². The normalized spacial score (nSPS) is 11.7. The highest BCUT2D eigenvalue weighted by Crippen LogP contribution is 2.35. The van der Waals surface area contributed by atoms with Crippen LogP contribution in [0.2, 0.25) is 0 Å². The van der Waals surface area contributed by atoms with E-state index in [1.54, 1.807) is 0 Å². The fraction of sp³-hybridized carbons (Fsp3) is 0. The number of fused-ring (bicyclic) bond motifs is 6. The standard InChI is InChI=1S/C36H22O2/c1-3-13-33-29(11-1)31-17-15-27(21-35(31)37-33)25-9-5-7-23(19-25)24-8-6-10-26(20-24)28-16-18-32-30-12-2-4-14-34(30)38-36(32)22-28/h1-22H. The SMILES string of the molecule is c1cc(-c2cccc(-c3ccc4c(c3)oc3ccccc34)c2)cc(-c2ccc3c(c2)oc2ccccc23)c1. The van der Waals surface area contributed by atoms with Gasteiger partial charge in [-0.15, -0.1) is 0 Å². The molecule has 8 rings (SSSR count). The molecule has 2 heterocycles. The van der Waals surface area contributed by atoms with Gasteiger partial charge in [0.1, 0.15) is 22.3 Å². The molecule has 8 aromatic rings. The largest absolute Gasteiger partial charge is 0.456 e. The van der Waals surface area contributed by atoms with Gasteiger partial charge in [0.15, 0.2) is 0 Å². The van der Waals surface area contributed by atoms with Crippen molar-refractivity contribution in [2.24, 2.45) is 0 Å². The Kier molecular flexibility index (Phi) is 4.55. The molecule has 6 aromatic carbocycles. The third kappa shape index (κ3) is 3.35. The van der Waals surface area contributed by atoms with Gasteiger partial charge in [0.2, 0.25) is 0 Å². The maximum Gasteiger partial charge on any atom is 0.136 e. The number of furan rings is 2. The van der Waals surface area contributed by atoms with Crippen molar-refractivity contribution in [3.63, 3.8) is 0 Å². The molecule has 0 saturated carbocycles. The molecule has 0 aliphatic heterocycles. The molecule has 0 N–H and O–H groups in total. The van der Waals surface area contributed by atoms with Gasteiger partial charge >= 0.3 is 0 Å². The van der Waals surface area contributed by atoms with Gasteiger partial charge in [0.05, 0.1) is 0 Å². The average molecular weight is 487 g/mol. The summed E-state index contributed by atoms with van der Waals surface area (Å²) in [5, 5.41) is 4.60. The van der Waals surface area contributed by atoms with Crippen molar-refractivity contribution in [3.8, 4) is 33.4 Å². The molecule has 0 fully saturated rings. The van der Waals surface area contributed by atoms with E-state index in [0.717, 1.165) is 55.0 Å². The van der Waals surface area contributed by atoms with Crippen molar-refractivity contribution in [1.29, 1.82) is 0 Å². The monoisotopic (exact) mass is 486 g/mol. The summed E-state index contributed by atoms with van der Waals surface area (Å²) in [5.41, 5.74) is 10.6. The van der Waals surface area contributed by atoms with Crippen LogP contribution in [0.3, 0.4) is 0 Å². The van der Waals surface area contributed by atoms with Crippen LogP contribution >= 0.6 is 0 Å². The summed E-state index contributed by atoms with van der Waals surface area (Å²) in [6.45, 7) is 0. The van der Waals surface area contributed by atoms with Crippen molar-refractivity contribution in [2.75, 3.05) is 0 Å². The summed E-state index contributed by atoms with van der Waals surface area (Å²) < 4.78 is 12.3. The summed E-state index contributed by atoms with van der Waals surface area (Å²) in [7, 11) is 0. The highest BCUT2D eigenvalue weighted by molar-refractivity contribution is 6.07. The molecule has 0 unspecified atom stereocenters. The molecule has 2 nitrogen and oxygen atoms in total. The van der Waals surface area contributed by atoms with Crippen molar-refractivity contribution >= 4 is 43.9 Å². The highest BCUT2D eigenvalue weighted by atomic mass is 16.3. The molecular formula is C36H22O2. The van der Waals surface area contributed by atoms with E-state index in [0.29, 0.717) is 0 Å². The fourth-order valence-corrected chi connectivity index (χ4v) is 5.57. The van der Waals surface area contributed by atoms with Gasteiger partial charge < -0.3 is 8.83 Å². The van der Waals surface area contributed by atoms with Gasteiger partial charge in [-0.25, -0.2) is 0 Å². The Hall–Kier alpha value is -5.08. The molecule has 38 heavy (non-hydrogen) atoms. The lowest BCUT2D eigenvalue weighted by Crippen LogP contribution is -1.84. The molecule has 0 saturated heterocycles. The molecule has 0 atom stereocenters. The van der Waals surface area contributed by atoms with Crippen molar-refractivity contribution in [2.45, 2.75) is 0 Å². The lowest BCUT2D eigenvalue weighted by Gasteiger charge is -2.09. The van der Waals surface area contributed by atoms with E-state index in [-0.39, 0.29) is 0 Å². The average Bonchev–Trinajstić information content (AvgIpc) is 3.54. The van der Waals surface area contributed by atoms with E-state index in [4.69, 9.17) is 8.83 Å². The van der Waals surface area contributed by atoms with Crippen LogP contribution in [0.5, 0.6) is 0 Å². The molecular weight excluding hydrogens is 464 g/mol. The lowest BCUT2D eigenvalue weighted by molar-refractivity contribution is 0.668. The first-order chi connectivity index (χ1) is 18.8. The number of hydrogen-bond acceptors (Lipinski definition) is 2. The van der Waals surface area contributed by atoms with Gasteiger partial charge in [0.25, 0.3) is 0 Å². The highest BCUT2D eigenvalue weighted by Gasteiger charge is 2.11. The predicted octanol–water partition coefficient (Wildman–Crippen LogP) is 10.5. The van der Waals surface area contributed by atoms with Crippen LogP contribution in [0.25, 0.3) is 77.3 Å². The Bertz CT molecular complexity index is 1990. The summed E-state index contributed by atoms with van der Waals surface area (Å²) in [4.78, 5) is 0. The van der Waals surface area contributed by atoms with Crippen LogP contribution in [0.1, 0.15) is 0 Å². The van der Waals surface area contributed by atoms with Gasteiger partial charge in [-0.1, -0.05) is 84.9 Å². The van der Waals surface area contributed by atoms with E-state index in [9.17, 15) is 0 Å². The van der Waals surface area contributed by atoms with E-state index < -0.39 is 0 Å². The van der Waals surface area contributed by atoms with Gasteiger partial charge in [-0.05, 0) is 81.9 Å². The minimum atomic E-state index is 0.914. The van der Waals surface area contributed by atoms with Crippen molar-refractivity contribution in [1.82, 2.24) is 0 Å². The molecule has 0 spiro atoms. The van der Waals surface area contributed by atoms with Gasteiger partial charge in [-0.3, -0.25) is 0 Å². The number of rotatable bonds is 3. The molecule has 2 heteroatoms. The Labute approximate surface area is 219 Å². The molecule has 0 bridgehead atoms.